The average Bonchev–Trinajstić information content (AvgIpc) is 3.28. The summed E-state index contributed by atoms with van der Waals surface area (Å²) >= 11 is 0. The molecule has 0 aromatic heterocycles. The number of fused-ring (bicyclic) bond motifs is 2. The fourth-order valence-corrected chi connectivity index (χ4v) is 10.5. The number of rotatable bonds is 14. The lowest BCUT2D eigenvalue weighted by atomic mass is 10.0. The number of aromatic hydroxyl groups is 2. The van der Waals surface area contributed by atoms with Crippen molar-refractivity contribution in [1.82, 2.24) is 0 Å². The number of nitrogen functional groups attached to an aromatic ring is 1. The van der Waals surface area contributed by atoms with Crippen LogP contribution in [0.1, 0.15) is 0 Å². The zero-order valence-corrected chi connectivity index (χ0v) is 40.3. The van der Waals surface area contributed by atoms with E-state index in [-0.39, 0.29) is 17.1 Å². The third kappa shape index (κ3) is 11.4. The molecule has 380 valence electrons. The Morgan fingerprint density at radius 2 is 0.822 bits per heavy atom. The van der Waals surface area contributed by atoms with Crippen molar-refractivity contribution in [1.29, 1.82) is 0 Å². The summed E-state index contributed by atoms with van der Waals surface area (Å²) in [6.45, 7) is 0. The van der Waals surface area contributed by atoms with Crippen LogP contribution in [-0.2, 0) is 60.7 Å². The quantitative estimate of drug-likeness (QED) is 0.0282. The summed E-state index contributed by atoms with van der Waals surface area (Å²) in [6, 6.07) is 17.0. The minimum Gasteiger partial charge on any atom is -0.505 e. The minimum atomic E-state index is -5.66. The van der Waals surface area contributed by atoms with Gasteiger partial charge in [-0.25, -0.2) is 0 Å². The molecule has 0 aliphatic carbocycles. The van der Waals surface area contributed by atoms with E-state index >= 15 is 0 Å². The highest BCUT2D eigenvalue weighted by molar-refractivity contribution is 7.87. The van der Waals surface area contributed by atoms with Crippen LogP contribution in [0.25, 0.3) is 21.5 Å². The minimum absolute atomic E-state index is 0.00523. The van der Waals surface area contributed by atoms with E-state index in [2.05, 4.69) is 40.9 Å². The Labute approximate surface area is 410 Å². The number of anilines is 1. The normalized spacial score (nSPS) is 13.4. The number of phenols is 2. The van der Waals surface area contributed by atoms with Gasteiger partial charge in [-0.3, -0.25) is 27.3 Å². The van der Waals surface area contributed by atoms with Crippen molar-refractivity contribution in [2.45, 2.75) is 29.4 Å². The first kappa shape index (κ1) is 53.1. The zero-order chi connectivity index (χ0) is 53.8. The Morgan fingerprint density at radius 1 is 0.356 bits per heavy atom. The van der Waals surface area contributed by atoms with Gasteiger partial charge in [0.25, 0.3) is 60.7 Å². The van der Waals surface area contributed by atoms with Crippen LogP contribution in [0.3, 0.4) is 0 Å². The first-order chi connectivity index (χ1) is 33.7. The first-order valence-corrected chi connectivity index (χ1v) is 27.6. The van der Waals surface area contributed by atoms with Crippen molar-refractivity contribution in [3.63, 3.8) is 0 Å². The van der Waals surface area contributed by atoms with Crippen molar-refractivity contribution in [2.75, 3.05) is 5.73 Å². The summed E-state index contributed by atoms with van der Waals surface area (Å²) in [4.78, 5) is -6.79. The second kappa shape index (κ2) is 19.1. The Morgan fingerprint density at radius 3 is 1.38 bits per heavy atom. The van der Waals surface area contributed by atoms with Crippen LogP contribution in [0.15, 0.2) is 173 Å². The molecule has 0 amide bonds. The SMILES string of the molecule is Nc1c(N=Nc2ccc3c(O)c(N=Nc4ccc(N=Nc5ccc(S(=O)(=O)O)cc5)cc4S(=O)(=O)O)c(S(=O)(=O)O)cc3c2S(=O)(=O)O)cc(S(=O)(=O)O)c2cc(S(=O)(=O)O)c(N=Nc3ccccc3)c(O)c12. The molecule has 0 radical (unpaired) electrons. The van der Waals surface area contributed by atoms with Gasteiger partial charge in [0.1, 0.15) is 52.9 Å². The topological polar surface area (TPSA) is 492 Å². The number of nitrogens with two attached hydrogens (primary N) is 1. The predicted octanol–water partition coefficient (Wildman–Crippen LogP) is 8.13. The van der Waals surface area contributed by atoms with Gasteiger partial charge in [-0.05, 0) is 84.9 Å². The summed E-state index contributed by atoms with van der Waals surface area (Å²) < 4.78 is 209. The van der Waals surface area contributed by atoms with E-state index in [0.717, 1.165) is 42.5 Å². The van der Waals surface area contributed by atoms with Gasteiger partial charge in [0.2, 0.25) is 0 Å². The Balaban J connectivity index is 1.36. The number of benzene rings is 7. The molecule has 0 spiro atoms. The molecule has 10 N–H and O–H groups in total. The molecule has 73 heavy (non-hydrogen) atoms. The molecular formula is C38H27N9O20S6. The second-order valence-electron chi connectivity index (χ2n) is 14.5. The molecule has 7 rings (SSSR count). The first-order valence-electron chi connectivity index (χ1n) is 19.0. The highest BCUT2D eigenvalue weighted by Gasteiger charge is 2.31. The van der Waals surface area contributed by atoms with Crippen molar-refractivity contribution in [2.24, 2.45) is 40.9 Å². The van der Waals surface area contributed by atoms with Crippen LogP contribution in [0, 0.1) is 0 Å². The molecule has 7 aromatic rings. The van der Waals surface area contributed by atoms with Crippen LogP contribution in [0.4, 0.5) is 51.2 Å². The van der Waals surface area contributed by atoms with E-state index in [4.69, 9.17) is 10.3 Å². The van der Waals surface area contributed by atoms with Crippen molar-refractivity contribution in [3.05, 3.63) is 103 Å². The monoisotopic (exact) mass is 1120 g/mol. The predicted molar refractivity (Wildman–Crippen MR) is 251 cm³/mol. The Hall–Kier alpha value is -7.68. The Kier molecular flexibility index (Phi) is 13.9. The van der Waals surface area contributed by atoms with Gasteiger partial charge in [0.05, 0.1) is 33.0 Å². The molecule has 0 aliphatic heterocycles. The second-order valence-corrected chi connectivity index (χ2v) is 22.9. The summed E-state index contributed by atoms with van der Waals surface area (Å²) in [6.07, 6.45) is 0. The standard InChI is InChI=1S/C38H27N9O20S6/c39-33-27(17-28(69(53,54)55)24-16-31(72(62,63)64)35(37(49)32(24)33)46-41-18-4-2-1-3-5-18)45-44-26-13-11-22-23(38(26)73(65,66)67)15-30(71(59,60)61)34(36(22)48)47-43-25-12-8-20(14-29(25)70(56,57)58)42-40-19-6-9-21(10-7-19)68(50,51)52/h1-17,48-49H,39H2,(H,50,51,52)(H,53,54,55)(H,56,57,58)(H,59,60,61)(H,62,63,64)(H,65,66,67). The smallest absolute Gasteiger partial charge is 0.297 e. The number of nitrogens with zero attached hydrogens (tertiary/aromatic N) is 8. The molecular weight excluding hydrogens is 1090 g/mol. The maximum atomic E-state index is 13.0. The molecule has 0 saturated heterocycles. The van der Waals surface area contributed by atoms with Crippen molar-refractivity contribution in [3.8, 4) is 11.5 Å². The molecule has 7 aromatic carbocycles. The molecule has 0 aliphatic rings. The van der Waals surface area contributed by atoms with Gasteiger partial charge in [-0.1, -0.05) is 18.2 Å². The molecule has 0 fully saturated rings. The number of hydrogen-bond donors (Lipinski definition) is 9. The van der Waals surface area contributed by atoms with Gasteiger partial charge in [-0.2, -0.15) is 65.8 Å². The van der Waals surface area contributed by atoms with E-state index < -0.39 is 157 Å². The summed E-state index contributed by atoms with van der Waals surface area (Å²) in [5, 5.41) is 49.0. The lowest BCUT2D eigenvalue weighted by Gasteiger charge is -2.14. The average molecular weight is 1120 g/mol. The van der Waals surface area contributed by atoms with Gasteiger partial charge in [0.15, 0.2) is 11.5 Å². The lowest BCUT2D eigenvalue weighted by Crippen LogP contribution is -2.04. The van der Waals surface area contributed by atoms with Crippen LogP contribution in [0.5, 0.6) is 11.5 Å². The molecule has 0 heterocycles. The molecule has 0 atom stereocenters. The zero-order valence-electron chi connectivity index (χ0n) is 35.4. The van der Waals surface area contributed by atoms with Gasteiger partial charge >= 0.3 is 0 Å². The van der Waals surface area contributed by atoms with E-state index in [1.165, 1.54) is 24.3 Å². The van der Waals surface area contributed by atoms with Crippen LogP contribution in [0.2, 0.25) is 0 Å². The van der Waals surface area contributed by atoms with E-state index in [1.807, 2.05) is 0 Å². The maximum Gasteiger partial charge on any atom is 0.297 e. The van der Waals surface area contributed by atoms with Crippen LogP contribution < -0.4 is 5.73 Å². The molecule has 0 bridgehead atoms. The van der Waals surface area contributed by atoms with E-state index in [1.54, 1.807) is 6.07 Å². The fraction of sp³-hybridized carbons (Fsp3) is 0. The highest BCUT2D eigenvalue weighted by atomic mass is 32.2. The molecule has 0 saturated carbocycles. The summed E-state index contributed by atoms with van der Waals surface area (Å²) in [5.74, 6) is -2.56. The molecule has 29 nitrogen and oxygen atoms in total. The number of hydrogen-bond acceptors (Lipinski definition) is 23. The van der Waals surface area contributed by atoms with Gasteiger partial charge < -0.3 is 15.9 Å². The van der Waals surface area contributed by atoms with Crippen LogP contribution >= 0.6 is 0 Å². The summed E-state index contributed by atoms with van der Waals surface area (Å²) in [7, 11) is -31.9. The largest absolute Gasteiger partial charge is 0.505 e. The summed E-state index contributed by atoms with van der Waals surface area (Å²) in [5.41, 5.74) is 0.533. The van der Waals surface area contributed by atoms with Gasteiger partial charge in [-0.15, -0.1) is 25.6 Å². The molecule has 0 unspecified atom stereocenters. The van der Waals surface area contributed by atoms with Crippen molar-refractivity contribution < 1.29 is 88.0 Å². The maximum absolute atomic E-state index is 13.0. The third-order valence-corrected chi connectivity index (χ3v) is 15.1. The molecule has 35 heteroatoms. The van der Waals surface area contributed by atoms with E-state index in [9.17, 15) is 83.5 Å². The Bertz CT molecular complexity index is 4330. The van der Waals surface area contributed by atoms with Crippen LogP contribution in [-0.4, -0.2) is 88.0 Å². The van der Waals surface area contributed by atoms with Gasteiger partial charge in [0, 0.05) is 16.2 Å². The number of azo groups is 4. The lowest BCUT2D eigenvalue weighted by molar-refractivity contribution is 0.471. The van der Waals surface area contributed by atoms with E-state index in [0.29, 0.717) is 30.3 Å². The van der Waals surface area contributed by atoms with Crippen molar-refractivity contribution >= 4 is 133 Å². The number of phenolic OH excluding ortho intramolecular Hbond substituents is 2. The highest BCUT2D eigenvalue weighted by Crippen LogP contribution is 2.50. The third-order valence-electron chi connectivity index (χ3n) is 9.75. The fourth-order valence-electron chi connectivity index (χ4n) is 6.59.